The van der Waals surface area contributed by atoms with E-state index in [0.29, 0.717) is 23.3 Å². The lowest BCUT2D eigenvalue weighted by atomic mass is 10.1. The first-order valence-corrected chi connectivity index (χ1v) is 11.3. The molecule has 34 heavy (non-hydrogen) atoms. The predicted molar refractivity (Wildman–Crippen MR) is 135 cm³/mol. The highest BCUT2D eigenvalue weighted by molar-refractivity contribution is 5.89. The van der Waals surface area contributed by atoms with Crippen molar-refractivity contribution in [3.63, 3.8) is 0 Å². The molecule has 1 heterocycles. The molecule has 0 aliphatic rings. The number of hydrogen-bond donors (Lipinski definition) is 0. The lowest BCUT2D eigenvalue weighted by molar-refractivity contribution is -0.120. The summed E-state index contributed by atoms with van der Waals surface area (Å²) in [4.78, 5) is 24.0. The number of ether oxygens (including phenoxy) is 3. The van der Waals surface area contributed by atoms with Gasteiger partial charge in [0.2, 0.25) is 5.75 Å². The Kier molecular flexibility index (Phi) is 8.68. The maximum Gasteiger partial charge on any atom is 0.298 e. The SMILES string of the molecule is CC(C)=CCC/C(C)=C/COc1c(OC=O)c(=O)n(C)c2cc(OCc3ccccc3)ccc12. The van der Waals surface area contributed by atoms with Gasteiger partial charge < -0.3 is 18.8 Å². The molecule has 3 aromatic rings. The van der Waals surface area contributed by atoms with E-state index in [4.69, 9.17) is 14.2 Å². The van der Waals surface area contributed by atoms with Crippen molar-refractivity contribution in [1.29, 1.82) is 0 Å². The summed E-state index contributed by atoms with van der Waals surface area (Å²) in [6, 6.07) is 15.3. The predicted octanol–water partition coefficient (Wildman–Crippen LogP) is 5.72. The summed E-state index contributed by atoms with van der Waals surface area (Å²) in [5.41, 5.74) is 3.67. The molecule has 0 atom stereocenters. The maximum atomic E-state index is 12.9. The third kappa shape index (κ3) is 6.38. The van der Waals surface area contributed by atoms with Crippen molar-refractivity contribution in [3.05, 3.63) is 87.7 Å². The number of aromatic nitrogens is 1. The van der Waals surface area contributed by atoms with Crippen molar-refractivity contribution < 1.29 is 19.0 Å². The van der Waals surface area contributed by atoms with Crippen LogP contribution in [0, 0.1) is 0 Å². The normalized spacial score (nSPS) is 11.2. The van der Waals surface area contributed by atoms with Gasteiger partial charge in [-0.25, -0.2) is 0 Å². The summed E-state index contributed by atoms with van der Waals surface area (Å²) in [6.45, 7) is 7.11. The largest absolute Gasteiger partial charge is 0.489 e. The Morgan fingerprint density at radius 2 is 1.74 bits per heavy atom. The number of allylic oxidation sites excluding steroid dienone is 3. The molecule has 0 spiro atoms. The molecule has 6 nitrogen and oxygen atoms in total. The van der Waals surface area contributed by atoms with Gasteiger partial charge in [0.25, 0.3) is 12.0 Å². The smallest absolute Gasteiger partial charge is 0.298 e. The number of hydrogen-bond acceptors (Lipinski definition) is 5. The van der Waals surface area contributed by atoms with E-state index in [1.807, 2.05) is 55.5 Å². The van der Waals surface area contributed by atoms with Crippen LogP contribution in [0.1, 0.15) is 39.2 Å². The van der Waals surface area contributed by atoms with Gasteiger partial charge in [-0.3, -0.25) is 9.59 Å². The zero-order chi connectivity index (χ0) is 24.5. The van der Waals surface area contributed by atoms with E-state index < -0.39 is 5.56 Å². The minimum absolute atomic E-state index is 0.126. The van der Waals surface area contributed by atoms with Crippen LogP contribution in [-0.4, -0.2) is 17.6 Å². The summed E-state index contributed by atoms with van der Waals surface area (Å²) in [5, 5.41) is 0.654. The molecule has 0 amide bonds. The van der Waals surface area contributed by atoms with Gasteiger partial charge in [-0.05, 0) is 57.4 Å². The van der Waals surface area contributed by atoms with Crippen molar-refractivity contribution in [3.8, 4) is 17.2 Å². The van der Waals surface area contributed by atoms with E-state index in [2.05, 4.69) is 19.9 Å². The molecular formula is C28H31NO5. The average Bonchev–Trinajstić information content (AvgIpc) is 2.83. The van der Waals surface area contributed by atoms with Gasteiger partial charge in [-0.2, -0.15) is 0 Å². The lowest BCUT2D eigenvalue weighted by Gasteiger charge is -2.16. The van der Waals surface area contributed by atoms with Crippen molar-refractivity contribution in [1.82, 2.24) is 4.57 Å². The summed E-state index contributed by atoms with van der Waals surface area (Å²) in [5.74, 6) is 0.739. The quantitative estimate of drug-likeness (QED) is 0.270. The molecule has 0 N–H and O–H groups in total. The Morgan fingerprint density at radius 1 is 0.971 bits per heavy atom. The molecule has 3 rings (SSSR count). The van der Waals surface area contributed by atoms with Crippen LogP contribution in [0.15, 0.2) is 76.6 Å². The number of benzene rings is 2. The lowest BCUT2D eigenvalue weighted by Crippen LogP contribution is -2.21. The third-order valence-corrected chi connectivity index (χ3v) is 5.45. The van der Waals surface area contributed by atoms with E-state index in [1.54, 1.807) is 13.1 Å². The Hall–Kier alpha value is -3.80. The van der Waals surface area contributed by atoms with Crippen LogP contribution in [0.25, 0.3) is 10.9 Å². The molecular weight excluding hydrogens is 430 g/mol. The minimum Gasteiger partial charge on any atom is -0.489 e. The molecule has 0 aliphatic heterocycles. The Balaban J connectivity index is 1.88. The molecule has 0 unspecified atom stereocenters. The van der Waals surface area contributed by atoms with E-state index in [0.717, 1.165) is 18.4 Å². The number of pyridine rings is 1. The van der Waals surface area contributed by atoms with E-state index >= 15 is 0 Å². The van der Waals surface area contributed by atoms with E-state index in [9.17, 15) is 9.59 Å². The van der Waals surface area contributed by atoms with Crippen LogP contribution in [0.4, 0.5) is 0 Å². The van der Waals surface area contributed by atoms with Crippen molar-refractivity contribution in [2.24, 2.45) is 7.05 Å². The molecule has 0 saturated carbocycles. The van der Waals surface area contributed by atoms with Gasteiger partial charge in [-0.15, -0.1) is 0 Å². The van der Waals surface area contributed by atoms with Crippen LogP contribution >= 0.6 is 0 Å². The van der Waals surface area contributed by atoms with E-state index in [1.165, 1.54) is 15.7 Å². The van der Waals surface area contributed by atoms with Gasteiger partial charge in [0.15, 0.2) is 5.75 Å². The highest BCUT2D eigenvalue weighted by Gasteiger charge is 2.19. The highest BCUT2D eigenvalue weighted by Crippen LogP contribution is 2.34. The average molecular weight is 462 g/mol. The fourth-order valence-electron chi connectivity index (χ4n) is 3.55. The Bertz CT molecular complexity index is 1250. The van der Waals surface area contributed by atoms with Crippen molar-refractivity contribution in [2.75, 3.05) is 6.61 Å². The molecule has 0 bridgehead atoms. The zero-order valence-corrected chi connectivity index (χ0v) is 20.2. The fourth-order valence-corrected chi connectivity index (χ4v) is 3.55. The zero-order valence-electron chi connectivity index (χ0n) is 20.2. The van der Waals surface area contributed by atoms with Gasteiger partial charge in [0.05, 0.1) is 5.52 Å². The molecule has 6 heteroatoms. The summed E-state index contributed by atoms with van der Waals surface area (Å²) >= 11 is 0. The highest BCUT2D eigenvalue weighted by atomic mass is 16.5. The van der Waals surface area contributed by atoms with Gasteiger partial charge in [-0.1, -0.05) is 47.6 Å². The Morgan fingerprint density at radius 3 is 2.44 bits per heavy atom. The first-order chi connectivity index (χ1) is 16.4. The number of rotatable bonds is 11. The molecule has 0 aliphatic carbocycles. The topological polar surface area (TPSA) is 66.8 Å². The van der Waals surface area contributed by atoms with E-state index in [-0.39, 0.29) is 24.6 Å². The second-order valence-electron chi connectivity index (χ2n) is 8.37. The molecule has 0 saturated heterocycles. The standard InChI is InChI=1S/C28H31NO5/c1-20(2)9-8-10-21(3)15-16-32-26-24-14-13-23(33-18-22-11-6-5-7-12-22)17-25(24)29(4)28(31)27(26)34-19-30/h5-7,9,11-15,17,19H,8,10,16,18H2,1-4H3/b21-15+. The van der Waals surface area contributed by atoms with Crippen LogP contribution in [-0.2, 0) is 18.4 Å². The second kappa shape index (κ2) is 11.9. The molecule has 1 aromatic heterocycles. The van der Waals surface area contributed by atoms with Crippen LogP contribution in [0.2, 0.25) is 0 Å². The molecule has 0 radical (unpaired) electrons. The first kappa shape index (κ1) is 24.8. The molecule has 178 valence electrons. The summed E-state index contributed by atoms with van der Waals surface area (Å²) in [6.07, 6.45) is 6.06. The molecule has 2 aromatic carbocycles. The van der Waals surface area contributed by atoms with Gasteiger partial charge >= 0.3 is 0 Å². The summed E-state index contributed by atoms with van der Waals surface area (Å²) in [7, 11) is 1.63. The van der Waals surface area contributed by atoms with Crippen molar-refractivity contribution >= 4 is 17.4 Å². The molecule has 0 fully saturated rings. The Labute approximate surface area is 200 Å². The van der Waals surface area contributed by atoms with Crippen LogP contribution < -0.4 is 19.8 Å². The maximum absolute atomic E-state index is 12.9. The minimum atomic E-state index is -0.459. The number of carbonyl (C=O) groups excluding carboxylic acids is 1. The van der Waals surface area contributed by atoms with Crippen LogP contribution in [0.3, 0.4) is 0 Å². The monoisotopic (exact) mass is 461 g/mol. The van der Waals surface area contributed by atoms with Crippen molar-refractivity contribution in [2.45, 2.75) is 40.2 Å². The van der Waals surface area contributed by atoms with Crippen LogP contribution in [0.5, 0.6) is 17.2 Å². The number of nitrogens with zero attached hydrogens (tertiary/aromatic N) is 1. The number of fused-ring (bicyclic) bond motifs is 1. The van der Waals surface area contributed by atoms with Gasteiger partial charge in [0.1, 0.15) is 19.0 Å². The van der Waals surface area contributed by atoms with Gasteiger partial charge in [0, 0.05) is 18.5 Å². The second-order valence-corrected chi connectivity index (χ2v) is 8.37. The third-order valence-electron chi connectivity index (χ3n) is 5.45. The fraction of sp³-hybridized carbons (Fsp3) is 0.286. The number of carbonyl (C=O) groups is 1. The number of aryl methyl sites for hydroxylation is 1. The summed E-state index contributed by atoms with van der Waals surface area (Å²) < 4.78 is 18.4. The first-order valence-electron chi connectivity index (χ1n) is 11.3.